The Morgan fingerprint density at radius 2 is 1.95 bits per heavy atom. The molecule has 2 aromatic rings. The molecule has 22 heavy (non-hydrogen) atoms. The van der Waals surface area contributed by atoms with Gasteiger partial charge in [-0.15, -0.1) is 0 Å². The maximum atomic E-state index is 8.92. The van der Waals surface area contributed by atoms with Crippen molar-refractivity contribution in [2.45, 2.75) is 19.8 Å². The maximum absolute atomic E-state index is 8.92. The highest BCUT2D eigenvalue weighted by Crippen LogP contribution is 2.26. The highest BCUT2D eigenvalue weighted by atomic mass is 15.1. The Balaban J connectivity index is 1.75. The van der Waals surface area contributed by atoms with Crippen LogP contribution in [0.5, 0.6) is 0 Å². The van der Waals surface area contributed by atoms with Gasteiger partial charge in [0, 0.05) is 24.5 Å². The van der Waals surface area contributed by atoms with E-state index in [1.807, 2.05) is 18.2 Å². The number of pyridine rings is 1. The maximum Gasteiger partial charge on any atom is 0.142 e. The second-order valence-corrected chi connectivity index (χ2v) is 5.86. The zero-order chi connectivity index (χ0) is 15.4. The third-order valence-corrected chi connectivity index (χ3v) is 4.13. The van der Waals surface area contributed by atoms with Gasteiger partial charge < -0.3 is 10.2 Å². The van der Waals surface area contributed by atoms with Gasteiger partial charge in [-0.3, -0.25) is 0 Å². The summed E-state index contributed by atoms with van der Waals surface area (Å²) >= 11 is 0. The Bertz CT molecular complexity index is 681. The minimum atomic E-state index is 0.422. The molecule has 0 amide bonds. The van der Waals surface area contributed by atoms with Crippen LogP contribution in [0.15, 0.2) is 42.5 Å². The predicted octanol–water partition coefficient (Wildman–Crippen LogP) is 3.93. The SMILES string of the molecule is CC1CCN(c2cccc(Nc3cccc(C#N)n3)c2)CC1. The Morgan fingerprint density at radius 1 is 1.18 bits per heavy atom. The highest BCUT2D eigenvalue weighted by molar-refractivity contribution is 5.63. The molecule has 0 aliphatic carbocycles. The molecule has 0 saturated carbocycles. The summed E-state index contributed by atoms with van der Waals surface area (Å²) in [7, 11) is 0. The first-order chi connectivity index (χ1) is 10.7. The van der Waals surface area contributed by atoms with Gasteiger partial charge in [0.2, 0.25) is 0 Å². The van der Waals surface area contributed by atoms with Crippen LogP contribution in [0.1, 0.15) is 25.5 Å². The number of nitriles is 1. The summed E-state index contributed by atoms with van der Waals surface area (Å²) in [6.45, 7) is 4.56. The molecule has 1 fully saturated rings. The molecule has 0 spiro atoms. The molecule has 0 radical (unpaired) electrons. The molecule has 4 nitrogen and oxygen atoms in total. The standard InChI is InChI=1S/C18H20N4/c1-14-8-10-22(11-9-14)17-6-2-4-15(12-17)20-18-7-3-5-16(13-19)21-18/h2-7,12,14H,8-11H2,1H3,(H,20,21). The number of hydrogen-bond donors (Lipinski definition) is 1. The quantitative estimate of drug-likeness (QED) is 0.931. The van der Waals surface area contributed by atoms with E-state index in [2.05, 4.69) is 46.4 Å². The van der Waals surface area contributed by atoms with Crippen molar-refractivity contribution in [2.75, 3.05) is 23.3 Å². The van der Waals surface area contributed by atoms with Crippen LogP contribution in [0.2, 0.25) is 0 Å². The molecular weight excluding hydrogens is 272 g/mol. The van der Waals surface area contributed by atoms with Gasteiger partial charge in [0.25, 0.3) is 0 Å². The van der Waals surface area contributed by atoms with E-state index >= 15 is 0 Å². The first-order valence-corrected chi connectivity index (χ1v) is 7.74. The molecule has 1 aromatic carbocycles. The fraction of sp³-hybridized carbons (Fsp3) is 0.333. The van der Waals surface area contributed by atoms with Gasteiger partial charge in [-0.1, -0.05) is 19.1 Å². The molecule has 3 rings (SSSR count). The summed E-state index contributed by atoms with van der Waals surface area (Å²) in [6.07, 6.45) is 2.51. The number of nitrogens with zero attached hydrogens (tertiary/aromatic N) is 3. The molecular formula is C18H20N4. The van der Waals surface area contributed by atoms with Gasteiger partial charge in [-0.05, 0) is 49.1 Å². The number of benzene rings is 1. The van der Waals surface area contributed by atoms with E-state index in [-0.39, 0.29) is 0 Å². The third-order valence-electron chi connectivity index (χ3n) is 4.13. The van der Waals surface area contributed by atoms with Crippen LogP contribution in [0, 0.1) is 17.2 Å². The summed E-state index contributed by atoms with van der Waals surface area (Å²) < 4.78 is 0. The zero-order valence-corrected chi connectivity index (χ0v) is 12.8. The molecule has 1 N–H and O–H groups in total. The van der Waals surface area contributed by atoms with Crippen molar-refractivity contribution >= 4 is 17.2 Å². The fourth-order valence-electron chi connectivity index (χ4n) is 2.76. The van der Waals surface area contributed by atoms with E-state index in [0.717, 1.165) is 24.7 Å². The van der Waals surface area contributed by atoms with Crippen molar-refractivity contribution in [1.29, 1.82) is 5.26 Å². The second-order valence-electron chi connectivity index (χ2n) is 5.86. The summed E-state index contributed by atoms with van der Waals surface area (Å²) in [5.41, 5.74) is 2.67. The Morgan fingerprint density at radius 3 is 2.73 bits per heavy atom. The van der Waals surface area contributed by atoms with Crippen molar-refractivity contribution < 1.29 is 0 Å². The molecule has 4 heteroatoms. The number of anilines is 3. The minimum absolute atomic E-state index is 0.422. The Kier molecular flexibility index (Phi) is 4.24. The van der Waals surface area contributed by atoms with Gasteiger partial charge in [0.15, 0.2) is 0 Å². The van der Waals surface area contributed by atoms with E-state index in [1.165, 1.54) is 18.5 Å². The third kappa shape index (κ3) is 3.37. The van der Waals surface area contributed by atoms with Gasteiger partial charge in [0.1, 0.15) is 17.6 Å². The fourth-order valence-corrected chi connectivity index (χ4v) is 2.76. The van der Waals surface area contributed by atoms with Crippen LogP contribution in [-0.2, 0) is 0 Å². The van der Waals surface area contributed by atoms with Crippen molar-refractivity contribution in [3.63, 3.8) is 0 Å². The molecule has 1 aliphatic heterocycles. The molecule has 1 saturated heterocycles. The smallest absolute Gasteiger partial charge is 0.142 e. The number of hydrogen-bond acceptors (Lipinski definition) is 4. The normalized spacial score (nSPS) is 15.4. The molecule has 0 bridgehead atoms. The lowest BCUT2D eigenvalue weighted by Crippen LogP contribution is -2.32. The van der Waals surface area contributed by atoms with Gasteiger partial charge in [-0.2, -0.15) is 5.26 Å². The average Bonchev–Trinajstić information content (AvgIpc) is 2.56. The van der Waals surface area contributed by atoms with Crippen LogP contribution >= 0.6 is 0 Å². The topological polar surface area (TPSA) is 52.0 Å². The second kappa shape index (κ2) is 6.48. The van der Waals surface area contributed by atoms with E-state index in [9.17, 15) is 0 Å². The summed E-state index contributed by atoms with van der Waals surface area (Å²) in [4.78, 5) is 6.69. The number of piperidine rings is 1. The van der Waals surface area contributed by atoms with Crippen LogP contribution < -0.4 is 10.2 Å². The van der Waals surface area contributed by atoms with Crippen molar-refractivity contribution in [3.8, 4) is 6.07 Å². The van der Waals surface area contributed by atoms with E-state index in [0.29, 0.717) is 11.5 Å². The van der Waals surface area contributed by atoms with Crippen molar-refractivity contribution in [2.24, 2.45) is 5.92 Å². The molecule has 2 heterocycles. The highest BCUT2D eigenvalue weighted by Gasteiger charge is 2.16. The van der Waals surface area contributed by atoms with E-state index < -0.39 is 0 Å². The van der Waals surface area contributed by atoms with Gasteiger partial charge >= 0.3 is 0 Å². The van der Waals surface area contributed by atoms with Gasteiger partial charge in [0.05, 0.1) is 0 Å². The lowest BCUT2D eigenvalue weighted by atomic mass is 9.99. The number of rotatable bonds is 3. The van der Waals surface area contributed by atoms with Crippen LogP contribution in [0.3, 0.4) is 0 Å². The minimum Gasteiger partial charge on any atom is -0.371 e. The summed E-state index contributed by atoms with van der Waals surface area (Å²) in [5.74, 6) is 1.53. The predicted molar refractivity (Wildman–Crippen MR) is 89.3 cm³/mol. The molecule has 1 aliphatic rings. The van der Waals surface area contributed by atoms with E-state index in [4.69, 9.17) is 5.26 Å². The first kappa shape index (κ1) is 14.4. The van der Waals surface area contributed by atoms with Crippen LogP contribution in [-0.4, -0.2) is 18.1 Å². The molecule has 0 unspecified atom stereocenters. The lowest BCUT2D eigenvalue weighted by Gasteiger charge is -2.32. The lowest BCUT2D eigenvalue weighted by molar-refractivity contribution is 0.438. The zero-order valence-electron chi connectivity index (χ0n) is 12.8. The largest absolute Gasteiger partial charge is 0.371 e. The first-order valence-electron chi connectivity index (χ1n) is 7.74. The molecule has 112 valence electrons. The number of aromatic nitrogens is 1. The van der Waals surface area contributed by atoms with Crippen molar-refractivity contribution in [3.05, 3.63) is 48.2 Å². The Hall–Kier alpha value is -2.54. The average molecular weight is 292 g/mol. The monoisotopic (exact) mass is 292 g/mol. The molecule has 0 atom stereocenters. The summed E-state index contributed by atoms with van der Waals surface area (Å²) in [5, 5.41) is 12.2. The van der Waals surface area contributed by atoms with Crippen LogP contribution in [0.25, 0.3) is 0 Å². The van der Waals surface area contributed by atoms with Crippen LogP contribution in [0.4, 0.5) is 17.2 Å². The number of nitrogens with one attached hydrogen (secondary N) is 1. The van der Waals surface area contributed by atoms with Crippen molar-refractivity contribution in [1.82, 2.24) is 4.98 Å². The molecule has 1 aromatic heterocycles. The van der Waals surface area contributed by atoms with Gasteiger partial charge in [-0.25, -0.2) is 4.98 Å². The summed E-state index contributed by atoms with van der Waals surface area (Å²) in [6, 6.07) is 15.9. The Labute approximate surface area is 131 Å². The van der Waals surface area contributed by atoms with E-state index in [1.54, 1.807) is 6.07 Å².